The van der Waals surface area contributed by atoms with Crippen LogP contribution in [0.5, 0.6) is 17.2 Å². The molecule has 1 heterocycles. The topological polar surface area (TPSA) is 77.1 Å². The van der Waals surface area contributed by atoms with Crippen LogP contribution in [0, 0.1) is 13.8 Å². The van der Waals surface area contributed by atoms with Gasteiger partial charge in [0.2, 0.25) is 5.91 Å². The van der Waals surface area contributed by atoms with Gasteiger partial charge in [-0.25, -0.2) is 0 Å². The molecule has 0 aromatic heterocycles. The van der Waals surface area contributed by atoms with Crippen molar-refractivity contribution in [3.63, 3.8) is 0 Å². The summed E-state index contributed by atoms with van der Waals surface area (Å²) in [5.41, 5.74) is 3.58. The minimum atomic E-state index is -0.129. The summed E-state index contributed by atoms with van der Waals surface area (Å²) in [6.07, 6.45) is 0.940. The van der Waals surface area contributed by atoms with E-state index < -0.39 is 0 Å². The fourth-order valence-corrected chi connectivity index (χ4v) is 3.77. The average Bonchev–Trinajstić information content (AvgIpc) is 2.84. The lowest BCUT2D eigenvalue weighted by molar-refractivity contribution is -0.121. The van der Waals surface area contributed by atoms with E-state index in [1.54, 1.807) is 23.1 Å². The van der Waals surface area contributed by atoms with Crippen LogP contribution in [0.4, 0.5) is 11.4 Å². The molecule has 2 amide bonds. The minimum Gasteiger partial charge on any atom is -0.494 e. The number of nitrogens with one attached hydrogen (secondary N) is 1. The van der Waals surface area contributed by atoms with Gasteiger partial charge in [0.05, 0.1) is 18.8 Å². The number of fused-ring (bicyclic) bond motifs is 1. The number of benzene rings is 3. The van der Waals surface area contributed by atoms with Crippen LogP contribution < -0.4 is 24.4 Å². The molecular weight excluding hydrogens is 444 g/mol. The molecule has 1 aliphatic rings. The molecular formula is C28H30N2O5. The quantitative estimate of drug-likeness (QED) is 0.423. The van der Waals surface area contributed by atoms with Crippen molar-refractivity contribution in [3.8, 4) is 17.2 Å². The minimum absolute atomic E-state index is 0.0504. The predicted molar refractivity (Wildman–Crippen MR) is 136 cm³/mol. The van der Waals surface area contributed by atoms with Crippen LogP contribution in [0.1, 0.15) is 24.0 Å². The van der Waals surface area contributed by atoms with E-state index in [9.17, 15) is 9.59 Å². The lowest BCUT2D eigenvalue weighted by atomic mass is 10.2. The normalized spacial score (nSPS) is 12.5. The Morgan fingerprint density at radius 3 is 2.54 bits per heavy atom. The molecule has 0 atom stereocenters. The first kappa shape index (κ1) is 24.1. The first-order valence-electron chi connectivity index (χ1n) is 11.7. The summed E-state index contributed by atoms with van der Waals surface area (Å²) < 4.78 is 17.1. The van der Waals surface area contributed by atoms with Crippen molar-refractivity contribution in [2.24, 2.45) is 0 Å². The lowest BCUT2D eigenvalue weighted by Gasteiger charge is -2.29. The number of aryl methyl sites for hydroxylation is 2. The summed E-state index contributed by atoms with van der Waals surface area (Å²) >= 11 is 0. The van der Waals surface area contributed by atoms with Gasteiger partial charge in [0.15, 0.2) is 6.61 Å². The fraction of sp³-hybridized carbons (Fsp3) is 0.286. The van der Waals surface area contributed by atoms with E-state index in [1.165, 1.54) is 5.56 Å². The van der Waals surface area contributed by atoms with Crippen LogP contribution in [0.2, 0.25) is 0 Å². The molecule has 182 valence electrons. The van der Waals surface area contributed by atoms with Crippen molar-refractivity contribution < 1.29 is 23.8 Å². The monoisotopic (exact) mass is 474 g/mol. The van der Waals surface area contributed by atoms with Crippen LogP contribution in [0.3, 0.4) is 0 Å². The third kappa shape index (κ3) is 6.76. The Morgan fingerprint density at radius 1 is 0.943 bits per heavy atom. The second-order valence-corrected chi connectivity index (χ2v) is 8.49. The van der Waals surface area contributed by atoms with Crippen LogP contribution in [0.25, 0.3) is 0 Å². The summed E-state index contributed by atoms with van der Waals surface area (Å²) in [5.74, 6) is 1.89. The largest absolute Gasteiger partial charge is 0.494 e. The molecule has 7 nitrogen and oxygen atoms in total. The van der Waals surface area contributed by atoms with Gasteiger partial charge in [-0.3, -0.25) is 9.59 Å². The highest BCUT2D eigenvalue weighted by Crippen LogP contribution is 2.34. The summed E-state index contributed by atoms with van der Waals surface area (Å²) in [6.45, 7) is 5.20. The molecule has 0 spiro atoms. The predicted octanol–water partition coefficient (Wildman–Crippen LogP) is 4.91. The maximum atomic E-state index is 12.4. The molecule has 4 rings (SSSR count). The molecule has 7 heteroatoms. The molecule has 0 fully saturated rings. The smallest absolute Gasteiger partial charge is 0.265 e. The van der Waals surface area contributed by atoms with E-state index in [0.29, 0.717) is 49.7 Å². The SMILES string of the molecule is Cc1ccc(OCCCC(=O)Nc2ccc3c(c2)OCC(=O)N3CCOc2cccc(C)c2)cc1. The van der Waals surface area contributed by atoms with Gasteiger partial charge in [-0.1, -0.05) is 29.8 Å². The van der Waals surface area contributed by atoms with Gasteiger partial charge in [-0.2, -0.15) is 0 Å². The first-order chi connectivity index (χ1) is 17.0. The van der Waals surface area contributed by atoms with Gasteiger partial charge in [0.25, 0.3) is 5.91 Å². The van der Waals surface area contributed by atoms with Gasteiger partial charge in [-0.15, -0.1) is 0 Å². The van der Waals surface area contributed by atoms with E-state index >= 15 is 0 Å². The maximum Gasteiger partial charge on any atom is 0.265 e. The van der Waals surface area contributed by atoms with Crippen molar-refractivity contribution in [2.75, 3.05) is 36.6 Å². The zero-order valence-corrected chi connectivity index (χ0v) is 20.1. The highest BCUT2D eigenvalue weighted by Gasteiger charge is 2.25. The zero-order valence-electron chi connectivity index (χ0n) is 20.1. The molecule has 1 aliphatic heterocycles. The van der Waals surface area contributed by atoms with Crippen molar-refractivity contribution in [1.29, 1.82) is 0 Å². The first-order valence-corrected chi connectivity index (χ1v) is 11.7. The zero-order chi connectivity index (χ0) is 24.6. The second kappa shape index (κ2) is 11.4. The number of hydrogen-bond donors (Lipinski definition) is 1. The molecule has 3 aromatic rings. The summed E-state index contributed by atoms with van der Waals surface area (Å²) in [5, 5.41) is 2.89. The van der Waals surface area contributed by atoms with Gasteiger partial charge in [-0.05, 0) is 62.2 Å². The van der Waals surface area contributed by atoms with E-state index in [-0.39, 0.29) is 18.4 Å². The third-order valence-electron chi connectivity index (χ3n) is 5.60. The number of carbonyl (C=O) groups excluding carboxylic acids is 2. The van der Waals surface area contributed by atoms with Crippen molar-refractivity contribution in [1.82, 2.24) is 0 Å². The highest BCUT2D eigenvalue weighted by atomic mass is 16.5. The van der Waals surface area contributed by atoms with E-state index in [2.05, 4.69) is 5.32 Å². The number of hydrogen-bond acceptors (Lipinski definition) is 5. The van der Waals surface area contributed by atoms with E-state index in [1.807, 2.05) is 62.4 Å². The lowest BCUT2D eigenvalue weighted by Crippen LogP contribution is -2.41. The van der Waals surface area contributed by atoms with Crippen LogP contribution in [-0.2, 0) is 9.59 Å². The van der Waals surface area contributed by atoms with Crippen molar-refractivity contribution >= 4 is 23.2 Å². The Morgan fingerprint density at radius 2 is 1.74 bits per heavy atom. The summed E-state index contributed by atoms with van der Waals surface area (Å²) in [6, 6.07) is 20.9. The Hall–Kier alpha value is -4.00. The molecule has 35 heavy (non-hydrogen) atoms. The summed E-state index contributed by atoms with van der Waals surface area (Å²) in [7, 11) is 0. The molecule has 1 N–H and O–H groups in total. The van der Waals surface area contributed by atoms with E-state index in [4.69, 9.17) is 14.2 Å². The third-order valence-corrected chi connectivity index (χ3v) is 5.60. The fourth-order valence-electron chi connectivity index (χ4n) is 3.77. The number of amides is 2. The number of nitrogens with zero attached hydrogens (tertiary/aromatic N) is 1. The number of carbonyl (C=O) groups is 2. The molecule has 0 aliphatic carbocycles. The van der Waals surface area contributed by atoms with Gasteiger partial charge >= 0.3 is 0 Å². The Labute approximate surface area is 205 Å². The van der Waals surface area contributed by atoms with Crippen LogP contribution >= 0.6 is 0 Å². The van der Waals surface area contributed by atoms with Gasteiger partial charge in [0.1, 0.15) is 23.9 Å². The molecule has 0 saturated heterocycles. The van der Waals surface area contributed by atoms with Crippen molar-refractivity contribution in [3.05, 3.63) is 77.9 Å². The Balaban J connectivity index is 1.27. The molecule has 0 radical (unpaired) electrons. The summed E-state index contributed by atoms with van der Waals surface area (Å²) in [4.78, 5) is 26.5. The maximum absolute atomic E-state index is 12.4. The second-order valence-electron chi connectivity index (χ2n) is 8.49. The average molecular weight is 475 g/mol. The number of ether oxygens (including phenoxy) is 3. The molecule has 0 unspecified atom stereocenters. The number of rotatable bonds is 10. The molecule has 3 aromatic carbocycles. The Kier molecular flexibility index (Phi) is 7.88. The molecule has 0 bridgehead atoms. The highest BCUT2D eigenvalue weighted by molar-refractivity contribution is 5.99. The Bertz CT molecular complexity index is 1180. The van der Waals surface area contributed by atoms with Crippen LogP contribution in [-0.4, -0.2) is 38.2 Å². The molecule has 0 saturated carbocycles. The van der Waals surface area contributed by atoms with Crippen molar-refractivity contribution in [2.45, 2.75) is 26.7 Å². The standard InChI is InChI=1S/C28H30N2O5/c1-20-8-11-23(12-9-20)33-15-4-7-27(31)29-22-10-13-25-26(18-22)35-19-28(32)30(25)14-16-34-24-6-3-5-21(2)17-24/h3,5-6,8-13,17-18H,4,7,14-16,19H2,1-2H3,(H,29,31). The van der Waals surface area contributed by atoms with Gasteiger partial charge in [0, 0.05) is 18.2 Å². The van der Waals surface area contributed by atoms with E-state index in [0.717, 1.165) is 17.1 Å². The number of anilines is 2. The van der Waals surface area contributed by atoms with Crippen LogP contribution in [0.15, 0.2) is 66.7 Å². The van der Waals surface area contributed by atoms with Gasteiger partial charge < -0.3 is 24.4 Å².